The Bertz CT molecular complexity index is 1300. The third kappa shape index (κ3) is 6.16. The lowest BCUT2D eigenvalue weighted by Crippen LogP contribution is -2.50. The number of hydrogen-bond donors (Lipinski definition) is 2. The maximum absolute atomic E-state index is 13.7. The molecule has 4 amide bonds. The largest absolute Gasteiger partial charge is 0.491 e. The summed E-state index contributed by atoms with van der Waals surface area (Å²) in [6, 6.07) is 19.4. The molecule has 38 heavy (non-hydrogen) atoms. The molecule has 8 nitrogen and oxygen atoms in total. The van der Waals surface area contributed by atoms with Gasteiger partial charge in [-0.2, -0.15) is 0 Å². The maximum Gasteiger partial charge on any atom is 0.325 e. The van der Waals surface area contributed by atoms with E-state index in [0.29, 0.717) is 30.2 Å². The Hall–Kier alpha value is -3.44. The lowest BCUT2D eigenvalue weighted by atomic mass is 9.91. The van der Waals surface area contributed by atoms with Gasteiger partial charge in [-0.25, -0.2) is 9.69 Å². The van der Waals surface area contributed by atoms with Crippen LogP contribution in [0.3, 0.4) is 0 Å². The number of halogens is 1. The molecular weight excluding hydrogens is 597 g/mol. The molecule has 1 fully saturated rings. The van der Waals surface area contributed by atoms with Crippen LogP contribution in [0.5, 0.6) is 5.75 Å². The van der Waals surface area contributed by atoms with Gasteiger partial charge in [0.15, 0.2) is 0 Å². The van der Waals surface area contributed by atoms with E-state index < -0.39 is 35.8 Å². The third-order valence-corrected chi connectivity index (χ3v) is 7.20. The van der Waals surface area contributed by atoms with Crippen molar-refractivity contribution in [3.63, 3.8) is 0 Å². The SMILES string of the molecule is COCCOc1ccc([C@H]2NC(=O)N([C@H](C(=O)Nc3ccc(I)cc3C)[C@@H](C)c3ccccc3)C2=O)cc1. The highest BCUT2D eigenvalue weighted by molar-refractivity contribution is 14.1. The molecule has 0 unspecified atom stereocenters. The quantitative estimate of drug-likeness (QED) is 0.187. The topological polar surface area (TPSA) is 97.0 Å². The van der Waals surface area contributed by atoms with Gasteiger partial charge in [0, 0.05) is 22.3 Å². The highest BCUT2D eigenvalue weighted by atomic mass is 127. The number of hydrogen-bond acceptors (Lipinski definition) is 5. The Balaban J connectivity index is 1.62. The average molecular weight is 627 g/mol. The van der Waals surface area contributed by atoms with Gasteiger partial charge in [0.25, 0.3) is 5.91 Å². The van der Waals surface area contributed by atoms with Crippen LogP contribution >= 0.6 is 22.6 Å². The first-order valence-corrected chi connectivity index (χ1v) is 13.3. The number of methoxy groups -OCH3 is 1. The minimum Gasteiger partial charge on any atom is -0.491 e. The molecule has 3 aromatic carbocycles. The second-order valence-corrected chi connectivity index (χ2v) is 10.3. The monoisotopic (exact) mass is 627 g/mol. The third-order valence-electron chi connectivity index (χ3n) is 6.53. The number of nitrogens with zero attached hydrogens (tertiary/aromatic N) is 1. The molecular formula is C29H30IN3O5. The fourth-order valence-corrected chi connectivity index (χ4v) is 5.11. The molecule has 0 radical (unpaired) electrons. The summed E-state index contributed by atoms with van der Waals surface area (Å²) in [7, 11) is 1.60. The second-order valence-electron chi connectivity index (χ2n) is 9.09. The van der Waals surface area contributed by atoms with E-state index in [-0.39, 0.29) is 0 Å². The smallest absolute Gasteiger partial charge is 0.325 e. The Morgan fingerprint density at radius 2 is 1.76 bits per heavy atom. The van der Waals surface area contributed by atoms with Crippen molar-refractivity contribution < 1.29 is 23.9 Å². The molecule has 0 aliphatic carbocycles. The number of urea groups is 1. The zero-order valence-corrected chi connectivity index (χ0v) is 23.6. The highest BCUT2D eigenvalue weighted by Crippen LogP contribution is 2.32. The van der Waals surface area contributed by atoms with Gasteiger partial charge < -0.3 is 20.1 Å². The first-order valence-electron chi connectivity index (χ1n) is 12.3. The van der Waals surface area contributed by atoms with E-state index in [1.54, 1.807) is 31.4 Å². The maximum atomic E-state index is 13.7. The fourth-order valence-electron chi connectivity index (χ4n) is 4.46. The van der Waals surface area contributed by atoms with Gasteiger partial charge in [-0.05, 0) is 76.5 Å². The molecule has 1 saturated heterocycles. The van der Waals surface area contributed by atoms with Crippen molar-refractivity contribution in [2.75, 3.05) is 25.6 Å². The number of rotatable bonds is 10. The molecule has 1 aliphatic heterocycles. The zero-order valence-electron chi connectivity index (χ0n) is 21.4. The molecule has 198 valence electrons. The summed E-state index contributed by atoms with van der Waals surface area (Å²) in [5, 5.41) is 5.71. The predicted octanol–water partition coefficient (Wildman–Crippen LogP) is 5.03. The Morgan fingerprint density at radius 1 is 1.05 bits per heavy atom. The average Bonchev–Trinajstić information content (AvgIpc) is 3.20. The number of imide groups is 1. The molecule has 0 spiro atoms. The first kappa shape index (κ1) is 27.6. The number of ether oxygens (including phenoxy) is 2. The van der Waals surface area contributed by atoms with Crippen molar-refractivity contribution in [3.05, 3.63) is 93.1 Å². The number of anilines is 1. The van der Waals surface area contributed by atoms with Gasteiger partial charge in [0.2, 0.25) is 5.91 Å². The Morgan fingerprint density at radius 3 is 2.42 bits per heavy atom. The molecule has 0 bridgehead atoms. The first-order chi connectivity index (χ1) is 18.3. The summed E-state index contributed by atoms with van der Waals surface area (Å²) in [6.07, 6.45) is 0. The van der Waals surface area contributed by atoms with Gasteiger partial charge in [0.05, 0.1) is 6.61 Å². The summed E-state index contributed by atoms with van der Waals surface area (Å²) in [5.41, 5.74) is 2.96. The molecule has 0 saturated carbocycles. The second kappa shape index (κ2) is 12.4. The van der Waals surface area contributed by atoms with E-state index in [0.717, 1.165) is 19.6 Å². The van der Waals surface area contributed by atoms with Crippen molar-refractivity contribution in [2.45, 2.75) is 31.8 Å². The van der Waals surface area contributed by atoms with Crippen LogP contribution in [0.1, 0.15) is 35.6 Å². The molecule has 9 heteroatoms. The number of benzene rings is 3. The zero-order chi connectivity index (χ0) is 27.2. The number of carbonyl (C=O) groups excluding carboxylic acids is 3. The van der Waals surface area contributed by atoms with Gasteiger partial charge in [-0.1, -0.05) is 49.4 Å². The Kier molecular flexibility index (Phi) is 9.01. The van der Waals surface area contributed by atoms with Gasteiger partial charge in [0.1, 0.15) is 24.4 Å². The van der Waals surface area contributed by atoms with Crippen molar-refractivity contribution in [1.29, 1.82) is 0 Å². The number of carbonyl (C=O) groups is 3. The standard InChI is InChI=1S/C29H30IN3O5/c1-18-17-22(30)11-14-24(18)31-27(34)26(19(2)20-7-5-4-6-8-20)33-28(35)25(32-29(33)36)21-9-12-23(13-10-21)38-16-15-37-3/h4-14,17,19,25-26H,15-16H2,1-3H3,(H,31,34)(H,32,36)/t19-,25+,26-/m0/s1. The van der Waals surface area contributed by atoms with E-state index in [1.165, 1.54) is 0 Å². The van der Waals surface area contributed by atoms with E-state index in [4.69, 9.17) is 9.47 Å². The molecule has 3 aromatic rings. The van der Waals surface area contributed by atoms with Crippen molar-refractivity contribution in [1.82, 2.24) is 10.2 Å². The minimum atomic E-state index is -1.06. The molecule has 1 heterocycles. The van der Waals surface area contributed by atoms with Crippen LogP contribution in [-0.2, 0) is 14.3 Å². The van der Waals surface area contributed by atoms with E-state index >= 15 is 0 Å². The van der Waals surface area contributed by atoms with Gasteiger partial charge >= 0.3 is 6.03 Å². The molecule has 0 aromatic heterocycles. The summed E-state index contributed by atoms with van der Waals surface area (Å²) in [5.74, 6) is -0.741. The van der Waals surface area contributed by atoms with E-state index in [2.05, 4.69) is 33.2 Å². The summed E-state index contributed by atoms with van der Waals surface area (Å²) in [4.78, 5) is 41.7. The van der Waals surface area contributed by atoms with Crippen molar-refractivity contribution in [2.24, 2.45) is 0 Å². The summed E-state index contributed by atoms with van der Waals surface area (Å²) < 4.78 is 11.6. The van der Waals surface area contributed by atoms with Crippen LogP contribution in [0, 0.1) is 10.5 Å². The number of nitrogens with one attached hydrogen (secondary N) is 2. The van der Waals surface area contributed by atoms with Gasteiger partial charge in [-0.3, -0.25) is 9.59 Å². The summed E-state index contributed by atoms with van der Waals surface area (Å²) in [6.45, 7) is 4.61. The number of amides is 4. The lowest BCUT2D eigenvalue weighted by molar-refractivity contribution is -0.134. The normalized spacial score (nSPS) is 16.6. The van der Waals surface area contributed by atoms with Crippen LogP contribution < -0.4 is 15.4 Å². The Labute approximate surface area is 235 Å². The van der Waals surface area contributed by atoms with Crippen LogP contribution in [0.25, 0.3) is 0 Å². The van der Waals surface area contributed by atoms with Crippen LogP contribution in [-0.4, -0.2) is 49.1 Å². The predicted molar refractivity (Wildman–Crippen MR) is 153 cm³/mol. The van der Waals surface area contributed by atoms with Crippen molar-refractivity contribution in [3.8, 4) is 5.75 Å². The van der Waals surface area contributed by atoms with E-state index in [9.17, 15) is 14.4 Å². The molecule has 4 rings (SSSR count). The van der Waals surface area contributed by atoms with Crippen LogP contribution in [0.15, 0.2) is 72.8 Å². The lowest BCUT2D eigenvalue weighted by Gasteiger charge is -2.30. The molecule has 2 N–H and O–H groups in total. The highest BCUT2D eigenvalue weighted by Gasteiger charge is 2.47. The minimum absolute atomic E-state index is 0.400. The van der Waals surface area contributed by atoms with Gasteiger partial charge in [-0.15, -0.1) is 0 Å². The molecule has 3 atom stereocenters. The van der Waals surface area contributed by atoms with Crippen molar-refractivity contribution >= 4 is 46.1 Å². The van der Waals surface area contributed by atoms with Crippen LogP contribution in [0.4, 0.5) is 10.5 Å². The molecule has 1 aliphatic rings. The summed E-state index contributed by atoms with van der Waals surface area (Å²) >= 11 is 2.21. The number of aryl methyl sites for hydroxylation is 1. The van der Waals surface area contributed by atoms with E-state index in [1.807, 2.05) is 62.4 Å². The fraction of sp³-hybridized carbons (Fsp3) is 0.276. The van der Waals surface area contributed by atoms with Crippen LogP contribution in [0.2, 0.25) is 0 Å².